The van der Waals surface area contributed by atoms with E-state index in [1.54, 1.807) is 0 Å². The highest BCUT2D eigenvalue weighted by molar-refractivity contribution is 5.97. The van der Waals surface area contributed by atoms with Crippen molar-refractivity contribution in [3.05, 3.63) is 29.8 Å². The average molecular weight is 317 g/mol. The standard InChI is InChI=1S/C11H9F6NO3/c12-9(21-11(15,16)17)10(13,14)20-7-3-1-6(2-4-7)8(19)5-18/h1-4,9H,5,18H2. The number of Topliss-reactive ketones (excluding diaryl/α,β-unsaturated/α-hetero) is 1. The van der Waals surface area contributed by atoms with Crippen molar-refractivity contribution < 1.29 is 40.6 Å². The van der Waals surface area contributed by atoms with Crippen LogP contribution in [0.5, 0.6) is 5.75 Å². The van der Waals surface area contributed by atoms with Crippen molar-refractivity contribution in [2.24, 2.45) is 5.73 Å². The third-order valence-corrected chi connectivity index (χ3v) is 2.12. The van der Waals surface area contributed by atoms with Gasteiger partial charge in [-0.25, -0.2) is 9.13 Å². The number of ketones is 1. The van der Waals surface area contributed by atoms with Gasteiger partial charge < -0.3 is 10.5 Å². The molecular formula is C11H9F6NO3. The number of carbonyl (C=O) groups excluding carboxylic acids is 1. The summed E-state index contributed by atoms with van der Waals surface area (Å²) in [6.45, 7) is -0.317. The van der Waals surface area contributed by atoms with E-state index in [0.29, 0.717) is 0 Å². The minimum atomic E-state index is -5.58. The average Bonchev–Trinajstić information content (AvgIpc) is 2.36. The van der Waals surface area contributed by atoms with Crippen molar-refractivity contribution in [1.29, 1.82) is 0 Å². The Kier molecular flexibility index (Phi) is 5.18. The highest BCUT2D eigenvalue weighted by atomic mass is 19.4. The lowest BCUT2D eigenvalue weighted by Crippen LogP contribution is -2.41. The Morgan fingerprint density at radius 1 is 1.14 bits per heavy atom. The van der Waals surface area contributed by atoms with Crippen molar-refractivity contribution in [2.75, 3.05) is 6.54 Å². The minimum absolute atomic E-state index is 0.0801. The van der Waals surface area contributed by atoms with Gasteiger partial charge in [-0.15, -0.1) is 13.2 Å². The molecule has 1 rings (SSSR count). The zero-order valence-corrected chi connectivity index (χ0v) is 10.2. The highest BCUT2D eigenvalue weighted by Gasteiger charge is 2.50. The Morgan fingerprint density at radius 2 is 1.67 bits per heavy atom. The number of halogens is 6. The fourth-order valence-electron chi connectivity index (χ4n) is 1.22. The summed E-state index contributed by atoms with van der Waals surface area (Å²) in [5, 5.41) is 0. The van der Waals surface area contributed by atoms with E-state index >= 15 is 0 Å². The van der Waals surface area contributed by atoms with Gasteiger partial charge in [0.2, 0.25) is 0 Å². The lowest BCUT2D eigenvalue weighted by atomic mass is 10.1. The maximum atomic E-state index is 13.0. The maximum absolute atomic E-state index is 13.0. The number of carbonyl (C=O) groups is 1. The van der Waals surface area contributed by atoms with Crippen LogP contribution >= 0.6 is 0 Å². The Labute approximate surface area is 114 Å². The normalized spacial score (nSPS) is 13.9. The Balaban J connectivity index is 2.77. The second-order valence-electron chi connectivity index (χ2n) is 3.70. The summed E-state index contributed by atoms with van der Waals surface area (Å²) in [6, 6.07) is 3.82. The largest absolute Gasteiger partial charge is 0.525 e. The predicted molar refractivity (Wildman–Crippen MR) is 57.4 cm³/mol. The van der Waals surface area contributed by atoms with Crippen LogP contribution in [0.15, 0.2) is 24.3 Å². The number of alkyl halides is 6. The molecular weight excluding hydrogens is 308 g/mol. The molecule has 0 fully saturated rings. The van der Waals surface area contributed by atoms with Gasteiger partial charge in [0.05, 0.1) is 6.54 Å². The van der Waals surface area contributed by atoms with Gasteiger partial charge in [0.25, 0.3) is 0 Å². The molecule has 0 bridgehead atoms. The zero-order chi connectivity index (χ0) is 16.3. The smallest absolute Gasteiger partial charge is 0.429 e. The Morgan fingerprint density at radius 3 is 2.10 bits per heavy atom. The molecule has 118 valence electrons. The topological polar surface area (TPSA) is 61.6 Å². The Hall–Kier alpha value is -1.81. The van der Waals surface area contributed by atoms with Gasteiger partial charge >= 0.3 is 18.8 Å². The van der Waals surface area contributed by atoms with Gasteiger partial charge in [-0.3, -0.25) is 4.79 Å². The molecule has 1 aromatic rings. The highest BCUT2D eigenvalue weighted by Crippen LogP contribution is 2.31. The van der Waals surface area contributed by atoms with Gasteiger partial charge in [-0.2, -0.15) is 8.78 Å². The number of hydrogen-bond donors (Lipinski definition) is 1. The number of rotatable bonds is 6. The number of hydrogen-bond acceptors (Lipinski definition) is 4. The van der Waals surface area contributed by atoms with E-state index < -0.39 is 30.4 Å². The molecule has 4 nitrogen and oxygen atoms in total. The molecule has 0 saturated carbocycles. The van der Waals surface area contributed by atoms with Crippen LogP contribution in [0.3, 0.4) is 0 Å². The summed E-state index contributed by atoms with van der Waals surface area (Å²) in [6.07, 6.45) is -14.5. The molecule has 0 aliphatic heterocycles. The molecule has 0 aliphatic rings. The van der Waals surface area contributed by atoms with Gasteiger partial charge in [0, 0.05) is 5.56 Å². The van der Waals surface area contributed by atoms with Gasteiger partial charge in [-0.1, -0.05) is 0 Å². The molecule has 0 saturated heterocycles. The lowest BCUT2D eigenvalue weighted by Gasteiger charge is -2.22. The van der Waals surface area contributed by atoms with Crippen LogP contribution in [0.2, 0.25) is 0 Å². The van der Waals surface area contributed by atoms with E-state index in [2.05, 4.69) is 9.47 Å². The molecule has 0 spiro atoms. The van der Waals surface area contributed by atoms with Crippen molar-refractivity contribution >= 4 is 5.78 Å². The first-order valence-corrected chi connectivity index (χ1v) is 5.34. The van der Waals surface area contributed by atoms with E-state index in [0.717, 1.165) is 24.3 Å². The van der Waals surface area contributed by atoms with Crippen molar-refractivity contribution in [3.8, 4) is 5.75 Å². The van der Waals surface area contributed by atoms with Crippen LogP contribution in [0.25, 0.3) is 0 Å². The first-order valence-electron chi connectivity index (χ1n) is 5.34. The fraction of sp³-hybridized carbons (Fsp3) is 0.364. The van der Waals surface area contributed by atoms with Crippen LogP contribution in [-0.4, -0.2) is 31.2 Å². The molecule has 0 aliphatic carbocycles. The second-order valence-corrected chi connectivity index (χ2v) is 3.70. The summed E-state index contributed by atoms with van der Waals surface area (Å²) < 4.78 is 80.1. The SMILES string of the molecule is NCC(=O)c1ccc(OC(F)(F)C(F)OC(F)(F)F)cc1. The number of nitrogens with two attached hydrogens (primary N) is 1. The van der Waals surface area contributed by atoms with Crippen molar-refractivity contribution in [2.45, 2.75) is 18.8 Å². The summed E-state index contributed by atoms with van der Waals surface area (Å²) in [7, 11) is 0. The molecule has 1 aromatic carbocycles. The number of benzene rings is 1. The van der Waals surface area contributed by atoms with E-state index in [1.165, 1.54) is 0 Å². The first kappa shape index (κ1) is 17.2. The maximum Gasteiger partial charge on any atom is 0.525 e. The van der Waals surface area contributed by atoms with Crippen molar-refractivity contribution in [1.82, 2.24) is 0 Å². The van der Waals surface area contributed by atoms with Crippen LogP contribution in [0.1, 0.15) is 10.4 Å². The molecule has 1 unspecified atom stereocenters. The monoisotopic (exact) mass is 317 g/mol. The van der Waals surface area contributed by atoms with E-state index in [4.69, 9.17) is 5.73 Å². The van der Waals surface area contributed by atoms with Gasteiger partial charge in [0.15, 0.2) is 5.78 Å². The van der Waals surface area contributed by atoms with E-state index in [-0.39, 0.29) is 12.1 Å². The molecule has 2 N–H and O–H groups in total. The molecule has 0 radical (unpaired) electrons. The third-order valence-electron chi connectivity index (χ3n) is 2.12. The lowest BCUT2D eigenvalue weighted by molar-refractivity contribution is -0.411. The first-order chi connectivity index (χ1) is 9.55. The Bertz CT molecular complexity index is 488. The van der Waals surface area contributed by atoms with Crippen LogP contribution in [0, 0.1) is 0 Å². The summed E-state index contributed by atoms with van der Waals surface area (Å²) in [5.74, 6) is -1.14. The molecule has 0 heterocycles. The van der Waals surface area contributed by atoms with Gasteiger partial charge in [0.1, 0.15) is 5.75 Å². The molecule has 21 heavy (non-hydrogen) atoms. The van der Waals surface area contributed by atoms with E-state index in [1.807, 2.05) is 0 Å². The second kappa shape index (κ2) is 6.31. The molecule has 0 amide bonds. The molecule has 1 atom stereocenters. The number of ether oxygens (including phenoxy) is 2. The molecule has 0 aromatic heterocycles. The third kappa shape index (κ3) is 5.23. The van der Waals surface area contributed by atoms with Crippen molar-refractivity contribution in [3.63, 3.8) is 0 Å². The summed E-state index contributed by atoms with van der Waals surface area (Å²) in [5.41, 5.74) is 5.15. The fourth-order valence-corrected chi connectivity index (χ4v) is 1.22. The molecule has 10 heteroatoms. The van der Waals surface area contributed by atoms with Gasteiger partial charge in [-0.05, 0) is 24.3 Å². The zero-order valence-electron chi connectivity index (χ0n) is 10.2. The van der Waals surface area contributed by atoms with Crippen LogP contribution in [-0.2, 0) is 4.74 Å². The quantitative estimate of drug-likeness (QED) is 0.647. The van der Waals surface area contributed by atoms with Crippen LogP contribution in [0.4, 0.5) is 26.3 Å². The minimum Gasteiger partial charge on any atom is -0.429 e. The predicted octanol–water partition coefficient (Wildman–Crippen LogP) is 2.63. The summed E-state index contributed by atoms with van der Waals surface area (Å²) in [4.78, 5) is 11.2. The summed E-state index contributed by atoms with van der Waals surface area (Å²) >= 11 is 0. The van der Waals surface area contributed by atoms with E-state index in [9.17, 15) is 31.1 Å². The van der Waals surface area contributed by atoms with Crippen LogP contribution < -0.4 is 10.5 Å².